The normalized spacial score (nSPS) is 18.5. The van der Waals surface area contributed by atoms with Gasteiger partial charge in [0.05, 0.1) is 11.0 Å². The molecule has 7 heteroatoms. The zero-order valence-electron chi connectivity index (χ0n) is 11.5. The Kier molecular flexibility index (Phi) is 4.17. The summed E-state index contributed by atoms with van der Waals surface area (Å²) in [4.78, 5) is 18.4. The molecule has 0 bridgehead atoms. The lowest BCUT2D eigenvalue weighted by atomic mass is 10.3. The lowest BCUT2D eigenvalue weighted by Gasteiger charge is -2.16. The number of anilines is 1. The minimum Gasteiger partial charge on any atom is -0.340 e. The summed E-state index contributed by atoms with van der Waals surface area (Å²) in [5, 5.41) is 4.46. The van der Waals surface area contributed by atoms with Crippen molar-refractivity contribution in [3.8, 4) is 0 Å². The minimum absolute atomic E-state index is 0.0560. The molecule has 1 aromatic heterocycles. The van der Waals surface area contributed by atoms with Gasteiger partial charge >= 0.3 is 0 Å². The Morgan fingerprint density at radius 1 is 1.43 bits per heavy atom. The highest BCUT2D eigenvalue weighted by Crippen LogP contribution is 2.30. The van der Waals surface area contributed by atoms with Crippen molar-refractivity contribution in [2.45, 2.75) is 24.3 Å². The Morgan fingerprint density at radius 2 is 2.19 bits per heavy atom. The average molecular weight is 324 g/mol. The van der Waals surface area contributed by atoms with Crippen molar-refractivity contribution in [2.75, 3.05) is 11.4 Å². The van der Waals surface area contributed by atoms with Crippen LogP contribution in [0.5, 0.6) is 0 Å². The van der Waals surface area contributed by atoms with Gasteiger partial charge in [-0.15, -0.1) is 11.8 Å². The van der Waals surface area contributed by atoms with Gasteiger partial charge in [-0.3, -0.25) is 4.79 Å². The Balaban J connectivity index is 1.62. The third-order valence-electron chi connectivity index (χ3n) is 3.28. The van der Waals surface area contributed by atoms with Gasteiger partial charge in [-0.2, -0.15) is 4.98 Å². The van der Waals surface area contributed by atoms with Crippen molar-refractivity contribution in [2.24, 2.45) is 0 Å². The first-order valence-corrected chi connectivity index (χ1v) is 8.04. The molecule has 0 aliphatic carbocycles. The summed E-state index contributed by atoms with van der Waals surface area (Å²) >= 11 is 7.43. The number of thioether (sulfide) groups is 1. The van der Waals surface area contributed by atoms with Crippen LogP contribution in [0.3, 0.4) is 0 Å². The van der Waals surface area contributed by atoms with Crippen LogP contribution < -0.4 is 4.90 Å². The third kappa shape index (κ3) is 3.22. The highest BCUT2D eigenvalue weighted by atomic mass is 35.5. The number of hydrogen-bond acceptors (Lipinski definition) is 5. The molecular formula is C14H14ClN3O2S. The smallest absolute Gasteiger partial charge is 0.240 e. The molecule has 1 amide bonds. The van der Waals surface area contributed by atoms with Crippen molar-refractivity contribution in [1.82, 2.24) is 10.1 Å². The van der Waals surface area contributed by atoms with Gasteiger partial charge in [0.25, 0.3) is 0 Å². The number of aromatic nitrogens is 2. The third-order valence-corrected chi connectivity index (χ3v) is 4.79. The zero-order valence-corrected chi connectivity index (χ0v) is 13.0. The predicted molar refractivity (Wildman–Crippen MR) is 82.5 cm³/mol. The molecule has 2 aromatic rings. The summed E-state index contributed by atoms with van der Waals surface area (Å²) in [5.41, 5.74) is 0.892. The van der Waals surface area contributed by atoms with Crippen molar-refractivity contribution in [1.29, 1.82) is 0 Å². The van der Waals surface area contributed by atoms with Crippen LogP contribution in [0.1, 0.15) is 18.1 Å². The number of amides is 1. The van der Waals surface area contributed by atoms with Crippen molar-refractivity contribution in [3.05, 3.63) is 41.0 Å². The molecule has 3 rings (SSSR count). The molecule has 1 atom stereocenters. The Bertz CT molecular complexity index is 644. The van der Waals surface area contributed by atoms with Crippen molar-refractivity contribution < 1.29 is 9.32 Å². The molecule has 1 fully saturated rings. The van der Waals surface area contributed by atoms with Crippen LogP contribution in [0.4, 0.5) is 5.69 Å². The molecule has 1 saturated heterocycles. The van der Waals surface area contributed by atoms with E-state index >= 15 is 0 Å². The largest absolute Gasteiger partial charge is 0.340 e. The second-order valence-corrected chi connectivity index (χ2v) is 6.41. The second-order valence-electron chi connectivity index (χ2n) is 4.78. The number of benzene rings is 1. The average Bonchev–Trinajstić information content (AvgIpc) is 3.04. The molecule has 1 aromatic carbocycles. The Hall–Kier alpha value is -1.53. The molecule has 110 valence electrons. The molecule has 1 unspecified atom stereocenters. The highest BCUT2D eigenvalue weighted by molar-refractivity contribution is 7.99. The molecular weight excluding hydrogens is 310 g/mol. The van der Waals surface area contributed by atoms with Gasteiger partial charge in [0, 0.05) is 24.2 Å². The van der Waals surface area contributed by atoms with E-state index in [1.807, 2.05) is 12.1 Å². The molecule has 1 aliphatic heterocycles. The number of halogens is 1. The first-order chi connectivity index (χ1) is 10.1. The summed E-state index contributed by atoms with van der Waals surface area (Å²) in [5.74, 6) is 1.89. The van der Waals surface area contributed by atoms with E-state index in [-0.39, 0.29) is 11.2 Å². The molecule has 21 heavy (non-hydrogen) atoms. The lowest BCUT2D eigenvalue weighted by molar-refractivity contribution is -0.116. The van der Waals surface area contributed by atoms with E-state index in [1.54, 1.807) is 35.7 Å². The zero-order chi connectivity index (χ0) is 14.8. The van der Waals surface area contributed by atoms with Gasteiger partial charge in [0.15, 0.2) is 5.82 Å². The van der Waals surface area contributed by atoms with Crippen LogP contribution in [0.25, 0.3) is 0 Å². The van der Waals surface area contributed by atoms with E-state index in [1.165, 1.54) is 0 Å². The fourth-order valence-corrected chi connectivity index (χ4v) is 3.40. The first kappa shape index (κ1) is 14.4. The second kappa shape index (κ2) is 6.07. The fraction of sp³-hybridized carbons (Fsp3) is 0.357. The standard InChI is InChI=1S/C14H14ClN3O2S/c1-9-16-13(17-20-9)8-21-12-6-7-18(14(12)19)11-4-2-10(15)3-5-11/h2-5,12H,6-8H2,1H3. The topological polar surface area (TPSA) is 59.2 Å². The van der Waals surface area contributed by atoms with E-state index in [2.05, 4.69) is 10.1 Å². The Labute approximate surface area is 131 Å². The maximum absolute atomic E-state index is 12.4. The SMILES string of the molecule is Cc1nc(CSC2CCN(c3ccc(Cl)cc3)C2=O)no1. The maximum Gasteiger partial charge on any atom is 0.240 e. The maximum atomic E-state index is 12.4. The van der Waals surface area contributed by atoms with E-state index in [4.69, 9.17) is 16.1 Å². The van der Waals surface area contributed by atoms with E-state index in [0.717, 1.165) is 18.7 Å². The van der Waals surface area contributed by atoms with Crippen LogP contribution in [0.2, 0.25) is 5.02 Å². The van der Waals surface area contributed by atoms with E-state index < -0.39 is 0 Å². The highest BCUT2D eigenvalue weighted by Gasteiger charge is 2.33. The van der Waals surface area contributed by atoms with Gasteiger partial charge in [-0.05, 0) is 30.7 Å². The number of hydrogen-bond donors (Lipinski definition) is 0. The van der Waals surface area contributed by atoms with Crippen LogP contribution in [-0.2, 0) is 10.5 Å². The van der Waals surface area contributed by atoms with Crippen LogP contribution in [-0.4, -0.2) is 27.8 Å². The lowest BCUT2D eigenvalue weighted by Crippen LogP contribution is -2.28. The molecule has 2 heterocycles. The summed E-state index contributed by atoms with van der Waals surface area (Å²) in [6, 6.07) is 7.34. The quantitative estimate of drug-likeness (QED) is 0.865. The number of aryl methyl sites for hydroxylation is 1. The minimum atomic E-state index is -0.0560. The number of nitrogens with zero attached hydrogens (tertiary/aromatic N) is 3. The summed E-state index contributed by atoms with van der Waals surface area (Å²) in [6.45, 7) is 2.48. The molecule has 5 nitrogen and oxygen atoms in total. The van der Waals surface area contributed by atoms with E-state index in [0.29, 0.717) is 22.5 Å². The fourth-order valence-electron chi connectivity index (χ4n) is 2.26. The summed E-state index contributed by atoms with van der Waals surface area (Å²) < 4.78 is 4.93. The van der Waals surface area contributed by atoms with Crippen LogP contribution in [0, 0.1) is 6.92 Å². The van der Waals surface area contributed by atoms with Gasteiger partial charge in [0.2, 0.25) is 11.8 Å². The molecule has 0 radical (unpaired) electrons. The summed E-state index contributed by atoms with van der Waals surface area (Å²) in [6.07, 6.45) is 0.822. The number of carbonyl (C=O) groups excluding carboxylic acids is 1. The molecule has 0 saturated carbocycles. The van der Waals surface area contributed by atoms with Crippen molar-refractivity contribution in [3.63, 3.8) is 0 Å². The van der Waals surface area contributed by atoms with Crippen molar-refractivity contribution >= 4 is 35.0 Å². The van der Waals surface area contributed by atoms with Gasteiger partial charge in [0.1, 0.15) is 0 Å². The van der Waals surface area contributed by atoms with Crippen LogP contribution in [0.15, 0.2) is 28.8 Å². The molecule has 0 N–H and O–H groups in total. The monoisotopic (exact) mass is 323 g/mol. The van der Waals surface area contributed by atoms with Crippen LogP contribution >= 0.6 is 23.4 Å². The van der Waals surface area contributed by atoms with Gasteiger partial charge in [-0.1, -0.05) is 16.8 Å². The number of carbonyl (C=O) groups is 1. The Morgan fingerprint density at radius 3 is 2.86 bits per heavy atom. The summed E-state index contributed by atoms with van der Waals surface area (Å²) in [7, 11) is 0. The van der Waals surface area contributed by atoms with Gasteiger partial charge < -0.3 is 9.42 Å². The molecule has 1 aliphatic rings. The number of rotatable bonds is 4. The molecule has 0 spiro atoms. The van der Waals surface area contributed by atoms with Gasteiger partial charge in [-0.25, -0.2) is 0 Å². The first-order valence-electron chi connectivity index (χ1n) is 6.61. The predicted octanol–water partition coefficient (Wildman–Crippen LogP) is 3.07. The van der Waals surface area contributed by atoms with E-state index in [9.17, 15) is 4.79 Å².